The smallest absolute Gasteiger partial charge is 0.278 e. The monoisotopic (exact) mass is 367 g/mol. The Morgan fingerprint density at radius 3 is 2.77 bits per heavy atom. The van der Waals surface area contributed by atoms with Gasteiger partial charge in [-0.25, -0.2) is 0 Å². The molecular weight excluding hydrogens is 354 g/mol. The zero-order valence-electron chi connectivity index (χ0n) is 13.7. The lowest BCUT2D eigenvalue weighted by atomic mass is 10.2. The molecule has 2 aromatic heterocycles. The van der Waals surface area contributed by atoms with Crippen molar-refractivity contribution in [3.05, 3.63) is 58.9 Å². The maximum absolute atomic E-state index is 12.4. The Balaban J connectivity index is 1.55. The summed E-state index contributed by atoms with van der Waals surface area (Å²) in [5, 5.41) is 16.9. The molecule has 0 aliphatic heterocycles. The highest BCUT2D eigenvalue weighted by molar-refractivity contribution is 7.98. The summed E-state index contributed by atoms with van der Waals surface area (Å²) in [6.45, 7) is 0. The van der Waals surface area contributed by atoms with Crippen molar-refractivity contribution in [3.63, 3.8) is 0 Å². The number of nitrogens with zero attached hydrogens (tertiary/aromatic N) is 5. The number of benzene rings is 2. The van der Waals surface area contributed by atoms with E-state index in [0.29, 0.717) is 33.3 Å². The number of ether oxygens (including phenoxy) is 1. The van der Waals surface area contributed by atoms with Gasteiger partial charge in [-0.2, -0.15) is 4.68 Å². The summed E-state index contributed by atoms with van der Waals surface area (Å²) in [7, 11) is 1.58. The predicted molar refractivity (Wildman–Crippen MR) is 95.9 cm³/mol. The molecule has 0 atom stereocenters. The Morgan fingerprint density at radius 1 is 1.08 bits per heavy atom. The second kappa shape index (κ2) is 6.96. The van der Waals surface area contributed by atoms with Crippen molar-refractivity contribution in [2.24, 2.45) is 0 Å². The first kappa shape index (κ1) is 16.3. The number of methoxy groups -OCH3 is 1. The van der Waals surface area contributed by atoms with Crippen LogP contribution in [-0.2, 0) is 5.88 Å². The number of para-hydroxylation sites is 1. The lowest BCUT2D eigenvalue weighted by Crippen LogP contribution is -2.23. The van der Waals surface area contributed by atoms with E-state index in [-0.39, 0.29) is 11.4 Å². The van der Waals surface area contributed by atoms with Crippen LogP contribution in [0.2, 0.25) is 0 Å². The van der Waals surface area contributed by atoms with E-state index in [1.54, 1.807) is 25.3 Å². The fraction of sp³-hybridized carbons (Fsp3) is 0.118. The summed E-state index contributed by atoms with van der Waals surface area (Å²) in [6.07, 6.45) is 0. The molecule has 130 valence electrons. The third-order valence-corrected chi connectivity index (χ3v) is 4.47. The van der Waals surface area contributed by atoms with Gasteiger partial charge in [0.2, 0.25) is 0 Å². The molecule has 0 unspecified atom stereocenters. The quantitative estimate of drug-likeness (QED) is 0.497. The lowest BCUT2D eigenvalue weighted by Gasteiger charge is -2.03. The highest BCUT2D eigenvalue weighted by atomic mass is 32.2. The highest BCUT2D eigenvalue weighted by Gasteiger charge is 2.14. The van der Waals surface area contributed by atoms with Crippen LogP contribution in [0.25, 0.3) is 22.4 Å². The van der Waals surface area contributed by atoms with Crippen LogP contribution in [0.3, 0.4) is 0 Å². The van der Waals surface area contributed by atoms with E-state index in [2.05, 4.69) is 20.5 Å². The molecule has 0 saturated heterocycles. The normalized spacial score (nSPS) is 11.0. The molecule has 0 aliphatic rings. The summed E-state index contributed by atoms with van der Waals surface area (Å²) in [6, 6.07) is 14.4. The maximum Gasteiger partial charge on any atom is 0.278 e. The minimum atomic E-state index is -0.215. The average Bonchev–Trinajstić information content (AvgIpc) is 3.16. The highest BCUT2D eigenvalue weighted by Crippen LogP contribution is 2.30. The molecule has 4 aromatic rings. The number of fused-ring (bicyclic) bond motifs is 1. The molecule has 0 spiro atoms. The van der Waals surface area contributed by atoms with Crippen LogP contribution in [0.15, 0.2) is 63.0 Å². The van der Waals surface area contributed by atoms with Crippen LogP contribution in [0.4, 0.5) is 0 Å². The molecule has 0 bridgehead atoms. The predicted octanol–water partition coefficient (Wildman–Crippen LogP) is 2.60. The van der Waals surface area contributed by atoms with Gasteiger partial charge in [0, 0.05) is 0 Å². The number of thioether (sulfide) groups is 1. The SMILES string of the molecule is COc1ccccc1-c1nnc(SCn2nnc3ccccc3c2=O)o1. The topological polar surface area (TPSA) is 95.9 Å². The summed E-state index contributed by atoms with van der Waals surface area (Å²) in [4.78, 5) is 12.4. The molecule has 9 heteroatoms. The first-order valence-electron chi connectivity index (χ1n) is 7.68. The van der Waals surface area contributed by atoms with Gasteiger partial charge in [0.1, 0.15) is 17.1 Å². The Bertz CT molecular complexity index is 1120. The summed E-state index contributed by atoms with van der Waals surface area (Å²) >= 11 is 1.20. The van der Waals surface area contributed by atoms with Gasteiger partial charge in [-0.05, 0) is 36.0 Å². The molecule has 2 heterocycles. The van der Waals surface area contributed by atoms with Gasteiger partial charge < -0.3 is 9.15 Å². The molecule has 0 N–H and O–H groups in total. The van der Waals surface area contributed by atoms with Gasteiger partial charge in [-0.3, -0.25) is 4.79 Å². The number of aromatic nitrogens is 5. The molecular formula is C17H13N5O3S. The molecule has 0 fully saturated rings. The van der Waals surface area contributed by atoms with Crippen LogP contribution in [-0.4, -0.2) is 32.3 Å². The Morgan fingerprint density at radius 2 is 1.88 bits per heavy atom. The molecule has 4 rings (SSSR count). The van der Waals surface area contributed by atoms with Crippen molar-refractivity contribution in [1.82, 2.24) is 25.2 Å². The minimum absolute atomic E-state index is 0.213. The van der Waals surface area contributed by atoms with Crippen molar-refractivity contribution < 1.29 is 9.15 Å². The maximum atomic E-state index is 12.4. The van der Waals surface area contributed by atoms with Crippen LogP contribution in [0.1, 0.15) is 0 Å². The Kier molecular flexibility index (Phi) is 4.36. The van der Waals surface area contributed by atoms with E-state index >= 15 is 0 Å². The summed E-state index contributed by atoms with van der Waals surface area (Å²) < 4.78 is 12.2. The van der Waals surface area contributed by atoms with E-state index in [1.165, 1.54) is 16.4 Å². The zero-order valence-corrected chi connectivity index (χ0v) is 14.5. The third kappa shape index (κ3) is 3.04. The van der Waals surface area contributed by atoms with Crippen LogP contribution >= 0.6 is 11.8 Å². The van der Waals surface area contributed by atoms with Gasteiger partial charge in [-0.15, -0.1) is 15.3 Å². The van der Waals surface area contributed by atoms with Crippen molar-refractivity contribution >= 4 is 22.7 Å². The average molecular weight is 367 g/mol. The van der Waals surface area contributed by atoms with E-state index in [1.807, 2.05) is 30.3 Å². The Labute approximate surface area is 151 Å². The van der Waals surface area contributed by atoms with Crippen LogP contribution < -0.4 is 10.3 Å². The van der Waals surface area contributed by atoms with Crippen molar-refractivity contribution in [2.45, 2.75) is 11.1 Å². The second-order valence-electron chi connectivity index (χ2n) is 5.26. The van der Waals surface area contributed by atoms with Crippen molar-refractivity contribution in [3.8, 4) is 17.2 Å². The first-order valence-corrected chi connectivity index (χ1v) is 8.67. The molecule has 0 saturated carbocycles. The number of hydrogen-bond acceptors (Lipinski definition) is 8. The molecule has 2 aromatic carbocycles. The first-order chi connectivity index (χ1) is 12.8. The van der Waals surface area contributed by atoms with Gasteiger partial charge in [0.05, 0.1) is 18.1 Å². The number of hydrogen-bond donors (Lipinski definition) is 0. The zero-order chi connectivity index (χ0) is 17.9. The van der Waals surface area contributed by atoms with E-state index < -0.39 is 0 Å². The van der Waals surface area contributed by atoms with Gasteiger partial charge in [-0.1, -0.05) is 29.5 Å². The van der Waals surface area contributed by atoms with Gasteiger partial charge in [0.15, 0.2) is 0 Å². The molecule has 8 nitrogen and oxygen atoms in total. The molecule has 26 heavy (non-hydrogen) atoms. The van der Waals surface area contributed by atoms with Crippen molar-refractivity contribution in [1.29, 1.82) is 0 Å². The molecule has 0 aliphatic carbocycles. The van der Waals surface area contributed by atoms with E-state index in [9.17, 15) is 4.79 Å². The standard InChI is InChI=1S/C17H13N5O3S/c1-24-14-9-5-3-7-12(14)15-19-20-17(25-15)26-10-22-16(23)11-6-2-4-8-13(11)18-21-22/h2-9H,10H2,1H3. The lowest BCUT2D eigenvalue weighted by molar-refractivity contribution is 0.411. The van der Waals surface area contributed by atoms with E-state index in [0.717, 1.165) is 0 Å². The van der Waals surface area contributed by atoms with Crippen molar-refractivity contribution in [2.75, 3.05) is 7.11 Å². The molecule has 0 radical (unpaired) electrons. The summed E-state index contributed by atoms with van der Waals surface area (Å²) in [5.41, 5.74) is 1.06. The molecule has 0 amide bonds. The third-order valence-electron chi connectivity index (χ3n) is 3.68. The van der Waals surface area contributed by atoms with Gasteiger partial charge >= 0.3 is 0 Å². The van der Waals surface area contributed by atoms with Gasteiger partial charge in [0.25, 0.3) is 16.7 Å². The minimum Gasteiger partial charge on any atom is -0.496 e. The van der Waals surface area contributed by atoms with Crippen LogP contribution in [0.5, 0.6) is 5.75 Å². The number of rotatable bonds is 5. The summed E-state index contributed by atoms with van der Waals surface area (Å²) in [5.74, 6) is 1.20. The fourth-order valence-corrected chi connectivity index (χ4v) is 3.06. The second-order valence-corrected chi connectivity index (χ2v) is 6.15. The Hall–Kier alpha value is -3.20. The largest absolute Gasteiger partial charge is 0.496 e. The van der Waals surface area contributed by atoms with Crippen LogP contribution in [0, 0.1) is 0 Å². The fourth-order valence-electron chi connectivity index (χ4n) is 2.42. The van der Waals surface area contributed by atoms with E-state index in [4.69, 9.17) is 9.15 Å².